The number of rotatable bonds is 16. The Bertz CT molecular complexity index is 616. The standard InChI is InChI=1S/C25H45NO7/c1-3-4-9-13-24(2,32)14-12-20-19(21(29)15-22(20)30)10-7-5-6-8-11-23(31)33-18-25(26,16-27)17-28/h5,7,12,14,19-22,27-30,32H,3-4,6,8-11,13,15-18,26H2,1-2H3/b7-5?,14-12+/t19-,20-,21+,22-,24+/m1/s1. The SMILES string of the molecule is CCCCC[C@](C)(O)/C=C/[C@@H]1[C@@H](CC=CCCCC(=O)OCC(N)(CO)CO)[C@@H](O)C[C@H]1O. The second-order valence-corrected chi connectivity index (χ2v) is 9.72. The van der Waals surface area contributed by atoms with Gasteiger partial charge in [0.15, 0.2) is 0 Å². The third-order valence-corrected chi connectivity index (χ3v) is 6.36. The number of allylic oxidation sites excluding steroid dienone is 2. The first-order valence-electron chi connectivity index (χ1n) is 12.2. The Morgan fingerprint density at radius 3 is 2.45 bits per heavy atom. The molecule has 0 heterocycles. The first-order chi connectivity index (χ1) is 15.6. The molecular weight excluding hydrogens is 426 g/mol. The van der Waals surface area contributed by atoms with Crippen molar-refractivity contribution in [3.05, 3.63) is 24.3 Å². The predicted molar refractivity (Wildman–Crippen MR) is 127 cm³/mol. The van der Waals surface area contributed by atoms with Gasteiger partial charge in [0.25, 0.3) is 0 Å². The van der Waals surface area contributed by atoms with Crippen molar-refractivity contribution in [3.8, 4) is 0 Å². The van der Waals surface area contributed by atoms with E-state index in [0.717, 1.165) is 19.3 Å². The van der Waals surface area contributed by atoms with Gasteiger partial charge in [0.1, 0.15) is 6.61 Å². The largest absolute Gasteiger partial charge is 0.464 e. The van der Waals surface area contributed by atoms with Crippen molar-refractivity contribution in [2.45, 2.75) is 95.0 Å². The van der Waals surface area contributed by atoms with Crippen molar-refractivity contribution >= 4 is 5.97 Å². The molecule has 0 amide bonds. The summed E-state index contributed by atoms with van der Waals surface area (Å²) in [4.78, 5) is 11.8. The van der Waals surface area contributed by atoms with Gasteiger partial charge >= 0.3 is 5.97 Å². The fourth-order valence-electron chi connectivity index (χ4n) is 4.01. The Morgan fingerprint density at radius 1 is 1.12 bits per heavy atom. The molecule has 5 atom stereocenters. The summed E-state index contributed by atoms with van der Waals surface area (Å²) >= 11 is 0. The van der Waals surface area contributed by atoms with Crippen LogP contribution >= 0.6 is 0 Å². The average Bonchev–Trinajstić information content (AvgIpc) is 3.05. The van der Waals surface area contributed by atoms with Gasteiger partial charge in [-0.3, -0.25) is 4.79 Å². The Hall–Kier alpha value is -1.29. The predicted octanol–water partition coefficient (Wildman–Crippen LogP) is 1.57. The zero-order valence-electron chi connectivity index (χ0n) is 20.2. The summed E-state index contributed by atoms with van der Waals surface area (Å²) in [6.45, 7) is 2.70. The van der Waals surface area contributed by atoms with E-state index in [1.165, 1.54) is 0 Å². The van der Waals surface area contributed by atoms with E-state index in [-0.39, 0.29) is 24.9 Å². The summed E-state index contributed by atoms with van der Waals surface area (Å²) in [5.41, 5.74) is 3.41. The molecule has 8 heteroatoms. The summed E-state index contributed by atoms with van der Waals surface area (Å²) in [5, 5.41) is 49.5. The van der Waals surface area contributed by atoms with Crippen LogP contribution in [0.25, 0.3) is 0 Å². The third kappa shape index (κ3) is 11.1. The Morgan fingerprint density at radius 2 is 1.82 bits per heavy atom. The van der Waals surface area contributed by atoms with E-state index >= 15 is 0 Å². The number of aliphatic hydroxyl groups is 5. The quantitative estimate of drug-likeness (QED) is 0.113. The number of nitrogens with two attached hydrogens (primary N) is 1. The van der Waals surface area contributed by atoms with Crippen molar-refractivity contribution in [1.82, 2.24) is 0 Å². The Kier molecular flexibility index (Phi) is 13.4. The highest BCUT2D eigenvalue weighted by molar-refractivity contribution is 5.69. The summed E-state index contributed by atoms with van der Waals surface area (Å²) in [6, 6.07) is 0. The molecule has 0 saturated heterocycles. The van der Waals surface area contributed by atoms with Crippen LogP contribution in [0, 0.1) is 11.8 Å². The Balaban J connectivity index is 2.44. The molecule has 1 saturated carbocycles. The number of aliphatic hydroxyl groups excluding tert-OH is 4. The van der Waals surface area contributed by atoms with Crippen LogP contribution in [0.2, 0.25) is 0 Å². The van der Waals surface area contributed by atoms with Gasteiger partial charge < -0.3 is 36.0 Å². The fraction of sp³-hybridized carbons (Fsp3) is 0.800. The van der Waals surface area contributed by atoms with E-state index in [2.05, 4.69) is 6.92 Å². The van der Waals surface area contributed by atoms with E-state index < -0.39 is 42.5 Å². The number of carbonyl (C=O) groups excluding carboxylic acids is 1. The Labute approximate surface area is 198 Å². The average molecular weight is 472 g/mol. The molecule has 0 aromatic rings. The summed E-state index contributed by atoms with van der Waals surface area (Å²) in [6.07, 6.45) is 12.4. The molecule has 192 valence electrons. The minimum absolute atomic E-state index is 0.126. The minimum Gasteiger partial charge on any atom is -0.464 e. The normalized spacial score (nSPS) is 25.7. The number of unbranched alkanes of at least 4 members (excludes halogenated alkanes) is 3. The lowest BCUT2D eigenvalue weighted by atomic mass is 9.88. The molecule has 8 nitrogen and oxygen atoms in total. The van der Waals surface area contributed by atoms with Gasteiger partial charge in [0.05, 0.1) is 36.6 Å². The van der Waals surface area contributed by atoms with Gasteiger partial charge in [0.2, 0.25) is 0 Å². The van der Waals surface area contributed by atoms with Crippen LogP contribution in [0.3, 0.4) is 0 Å². The fourth-order valence-corrected chi connectivity index (χ4v) is 4.01. The zero-order valence-corrected chi connectivity index (χ0v) is 20.2. The minimum atomic E-state index is -1.32. The monoisotopic (exact) mass is 471 g/mol. The molecule has 0 spiro atoms. The summed E-state index contributed by atoms with van der Waals surface area (Å²) in [7, 11) is 0. The molecule has 0 bridgehead atoms. The lowest BCUT2D eigenvalue weighted by Crippen LogP contribution is -2.51. The molecule has 1 aliphatic carbocycles. The number of hydrogen-bond donors (Lipinski definition) is 6. The molecule has 0 aliphatic heterocycles. The molecule has 0 radical (unpaired) electrons. The smallest absolute Gasteiger partial charge is 0.305 e. The van der Waals surface area contributed by atoms with Crippen LogP contribution in [0.4, 0.5) is 0 Å². The number of carbonyl (C=O) groups is 1. The molecule has 0 aromatic carbocycles. The molecule has 1 fully saturated rings. The van der Waals surface area contributed by atoms with Crippen LogP contribution in [-0.4, -0.2) is 74.7 Å². The van der Waals surface area contributed by atoms with Gasteiger partial charge in [-0.25, -0.2) is 0 Å². The van der Waals surface area contributed by atoms with E-state index in [1.807, 2.05) is 18.2 Å². The van der Waals surface area contributed by atoms with E-state index in [1.54, 1.807) is 13.0 Å². The highest BCUT2D eigenvalue weighted by Gasteiger charge is 2.39. The highest BCUT2D eigenvalue weighted by Crippen LogP contribution is 2.37. The molecule has 33 heavy (non-hydrogen) atoms. The second kappa shape index (κ2) is 14.9. The van der Waals surface area contributed by atoms with Crippen LogP contribution in [0.15, 0.2) is 24.3 Å². The van der Waals surface area contributed by atoms with Gasteiger partial charge in [-0.1, -0.05) is 50.5 Å². The van der Waals surface area contributed by atoms with E-state index in [0.29, 0.717) is 32.1 Å². The zero-order chi connectivity index (χ0) is 24.9. The van der Waals surface area contributed by atoms with Crippen molar-refractivity contribution in [1.29, 1.82) is 0 Å². The maximum Gasteiger partial charge on any atom is 0.305 e. The molecular formula is C25H45NO7. The number of hydrogen-bond acceptors (Lipinski definition) is 8. The van der Waals surface area contributed by atoms with Crippen LogP contribution in [-0.2, 0) is 9.53 Å². The first-order valence-corrected chi connectivity index (χ1v) is 12.2. The van der Waals surface area contributed by atoms with Crippen LogP contribution < -0.4 is 5.73 Å². The van der Waals surface area contributed by atoms with Crippen LogP contribution in [0.1, 0.15) is 71.6 Å². The highest BCUT2D eigenvalue weighted by atomic mass is 16.5. The second-order valence-electron chi connectivity index (χ2n) is 9.72. The number of esters is 1. The van der Waals surface area contributed by atoms with Gasteiger partial charge in [-0.05, 0) is 38.5 Å². The topological polar surface area (TPSA) is 153 Å². The molecule has 0 aromatic heterocycles. The first kappa shape index (κ1) is 29.7. The van der Waals surface area contributed by atoms with E-state index in [9.17, 15) is 20.1 Å². The molecule has 1 aliphatic rings. The van der Waals surface area contributed by atoms with Crippen molar-refractivity contribution < 1.29 is 35.1 Å². The van der Waals surface area contributed by atoms with Gasteiger partial charge in [0, 0.05) is 18.8 Å². The molecule has 0 unspecified atom stereocenters. The third-order valence-electron chi connectivity index (χ3n) is 6.36. The van der Waals surface area contributed by atoms with Gasteiger partial charge in [-0.2, -0.15) is 0 Å². The van der Waals surface area contributed by atoms with Crippen molar-refractivity contribution in [2.24, 2.45) is 17.6 Å². The summed E-state index contributed by atoms with van der Waals surface area (Å²) in [5.74, 6) is -0.781. The van der Waals surface area contributed by atoms with Gasteiger partial charge in [-0.15, -0.1) is 0 Å². The maximum absolute atomic E-state index is 11.8. The van der Waals surface area contributed by atoms with Crippen molar-refractivity contribution in [3.63, 3.8) is 0 Å². The lowest BCUT2D eigenvalue weighted by molar-refractivity contribution is -0.146. The van der Waals surface area contributed by atoms with Crippen LogP contribution in [0.5, 0.6) is 0 Å². The maximum atomic E-state index is 11.8. The number of ether oxygens (including phenoxy) is 1. The van der Waals surface area contributed by atoms with E-state index in [4.69, 9.17) is 20.7 Å². The summed E-state index contributed by atoms with van der Waals surface area (Å²) < 4.78 is 5.00. The molecule has 7 N–H and O–H groups in total. The molecule has 1 rings (SSSR count). The van der Waals surface area contributed by atoms with Crippen molar-refractivity contribution in [2.75, 3.05) is 19.8 Å². The lowest BCUT2D eigenvalue weighted by Gasteiger charge is -2.23.